The second kappa shape index (κ2) is 8.06. The minimum atomic E-state index is -0.455. The lowest BCUT2D eigenvalue weighted by atomic mass is 9.92. The molecule has 0 aliphatic heterocycles. The van der Waals surface area contributed by atoms with Crippen molar-refractivity contribution in [1.82, 2.24) is 4.98 Å². The number of Topliss-reactive ketones (excluding diaryl/α,β-unsaturated/α-hetero) is 1. The number of ketones is 1. The summed E-state index contributed by atoms with van der Waals surface area (Å²) in [7, 11) is 1.52. The van der Waals surface area contributed by atoms with Crippen molar-refractivity contribution in [3.63, 3.8) is 0 Å². The zero-order chi connectivity index (χ0) is 18.7. The quantitative estimate of drug-likeness (QED) is 0.724. The third-order valence-electron chi connectivity index (χ3n) is 4.55. The molecule has 1 aromatic carbocycles. The Bertz CT molecular complexity index is 828. The Balaban J connectivity index is 1.95. The van der Waals surface area contributed by atoms with Gasteiger partial charge in [-0.05, 0) is 31.0 Å². The molecule has 1 N–H and O–H groups in total. The van der Waals surface area contributed by atoms with Crippen LogP contribution in [0.3, 0.4) is 0 Å². The first-order valence-corrected chi connectivity index (χ1v) is 9.09. The van der Waals surface area contributed by atoms with Crippen molar-refractivity contribution in [3.8, 4) is 5.75 Å². The average molecular weight is 393 g/mol. The fraction of sp³-hybridized carbons (Fsp3) is 0.316. The molecule has 1 heterocycles. The van der Waals surface area contributed by atoms with E-state index in [-0.39, 0.29) is 33.0 Å². The van der Waals surface area contributed by atoms with Crippen LogP contribution in [0.4, 0.5) is 5.69 Å². The van der Waals surface area contributed by atoms with Crippen LogP contribution in [0.15, 0.2) is 30.6 Å². The Labute approximate surface area is 161 Å². The lowest BCUT2D eigenvalue weighted by Crippen LogP contribution is -2.20. The molecule has 0 saturated heterocycles. The molecule has 3 rings (SSSR count). The molecule has 1 aliphatic carbocycles. The number of pyridine rings is 1. The van der Waals surface area contributed by atoms with Crippen molar-refractivity contribution in [1.29, 1.82) is 0 Å². The van der Waals surface area contributed by atoms with Crippen LogP contribution in [0.2, 0.25) is 10.0 Å². The van der Waals surface area contributed by atoms with Crippen LogP contribution in [0.5, 0.6) is 5.75 Å². The summed E-state index contributed by atoms with van der Waals surface area (Å²) in [6.45, 7) is 0. The molecule has 1 fully saturated rings. The first-order valence-electron chi connectivity index (χ1n) is 8.34. The van der Waals surface area contributed by atoms with E-state index in [2.05, 4.69) is 10.3 Å². The molecule has 0 spiro atoms. The fourth-order valence-corrected chi connectivity index (χ4v) is 3.63. The molecule has 1 aliphatic rings. The van der Waals surface area contributed by atoms with E-state index >= 15 is 0 Å². The smallest absolute Gasteiger partial charge is 0.256 e. The Hall–Kier alpha value is -2.11. The summed E-state index contributed by atoms with van der Waals surface area (Å²) in [4.78, 5) is 29.6. The minimum absolute atomic E-state index is 0.0292. The van der Waals surface area contributed by atoms with Crippen LogP contribution in [-0.4, -0.2) is 23.8 Å². The van der Waals surface area contributed by atoms with Crippen molar-refractivity contribution in [2.75, 3.05) is 12.4 Å². The number of ether oxygens (including phenoxy) is 1. The third-order valence-corrected chi connectivity index (χ3v) is 5.13. The summed E-state index contributed by atoms with van der Waals surface area (Å²) in [5, 5.41) is 3.13. The number of anilines is 1. The Kier molecular flexibility index (Phi) is 5.79. The minimum Gasteiger partial charge on any atom is -0.497 e. The van der Waals surface area contributed by atoms with Crippen molar-refractivity contribution < 1.29 is 14.3 Å². The topological polar surface area (TPSA) is 68.3 Å². The maximum absolute atomic E-state index is 12.9. The molecule has 7 heteroatoms. The molecule has 0 atom stereocenters. The van der Waals surface area contributed by atoms with Crippen molar-refractivity contribution in [2.24, 2.45) is 5.92 Å². The number of methoxy groups -OCH3 is 1. The van der Waals surface area contributed by atoms with E-state index in [0.717, 1.165) is 25.7 Å². The molecule has 0 radical (unpaired) electrons. The monoisotopic (exact) mass is 392 g/mol. The molecule has 5 nitrogen and oxygen atoms in total. The molecule has 0 unspecified atom stereocenters. The summed E-state index contributed by atoms with van der Waals surface area (Å²) in [6, 6.07) is 4.85. The lowest BCUT2D eigenvalue weighted by Gasteiger charge is -2.15. The van der Waals surface area contributed by atoms with Crippen molar-refractivity contribution in [2.45, 2.75) is 25.7 Å². The van der Waals surface area contributed by atoms with Crippen molar-refractivity contribution in [3.05, 3.63) is 51.8 Å². The summed E-state index contributed by atoms with van der Waals surface area (Å²) in [6.07, 6.45) is 6.54. The van der Waals surface area contributed by atoms with Crippen LogP contribution >= 0.6 is 23.2 Å². The predicted molar refractivity (Wildman–Crippen MR) is 101 cm³/mol. The average Bonchev–Trinajstić information content (AvgIpc) is 3.18. The highest BCUT2D eigenvalue weighted by molar-refractivity contribution is 6.39. The molecule has 1 saturated carbocycles. The highest BCUT2D eigenvalue weighted by Crippen LogP contribution is 2.32. The second-order valence-electron chi connectivity index (χ2n) is 6.19. The number of hydrogen-bond donors (Lipinski definition) is 1. The van der Waals surface area contributed by atoms with Crippen molar-refractivity contribution >= 4 is 40.6 Å². The predicted octanol–water partition coefficient (Wildman–Crippen LogP) is 5.02. The van der Waals surface area contributed by atoms with Gasteiger partial charge in [0, 0.05) is 23.9 Å². The zero-order valence-electron chi connectivity index (χ0n) is 14.2. The number of benzene rings is 1. The highest BCUT2D eigenvalue weighted by Gasteiger charge is 2.28. The van der Waals surface area contributed by atoms with E-state index in [1.54, 1.807) is 18.2 Å². The summed E-state index contributed by atoms with van der Waals surface area (Å²) in [5.74, 6) is -0.00731. The van der Waals surface area contributed by atoms with E-state index < -0.39 is 5.91 Å². The van der Waals surface area contributed by atoms with Gasteiger partial charge in [-0.1, -0.05) is 36.0 Å². The second-order valence-corrected chi connectivity index (χ2v) is 7.00. The Morgan fingerprint density at radius 2 is 1.77 bits per heavy atom. The number of halogens is 2. The van der Waals surface area contributed by atoms with Gasteiger partial charge in [0.1, 0.15) is 5.75 Å². The maximum atomic E-state index is 12.9. The fourth-order valence-electron chi connectivity index (χ4n) is 3.17. The number of nitrogens with one attached hydrogen (secondary N) is 1. The van der Waals surface area contributed by atoms with Gasteiger partial charge in [0.2, 0.25) is 0 Å². The molecular formula is C19H18Cl2N2O3. The third kappa shape index (κ3) is 3.84. The van der Waals surface area contributed by atoms with Gasteiger partial charge in [-0.3, -0.25) is 14.6 Å². The normalized spacial score (nSPS) is 14.3. The van der Waals surface area contributed by atoms with Gasteiger partial charge in [0.15, 0.2) is 5.78 Å². The van der Waals surface area contributed by atoms with E-state index in [1.807, 2.05) is 0 Å². The number of hydrogen-bond acceptors (Lipinski definition) is 4. The first kappa shape index (κ1) is 18.7. The van der Waals surface area contributed by atoms with E-state index in [9.17, 15) is 9.59 Å². The SMILES string of the molecule is COc1ccc(C(=O)Nc2c(Cl)cncc2Cl)c(C(=O)C2CCCC2)c1. The van der Waals surface area contributed by atoms with Crippen LogP contribution in [0.25, 0.3) is 0 Å². The molecule has 1 aromatic heterocycles. The highest BCUT2D eigenvalue weighted by atomic mass is 35.5. The van der Waals surface area contributed by atoms with Crippen LogP contribution in [0, 0.1) is 5.92 Å². The summed E-state index contributed by atoms with van der Waals surface area (Å²) >= 11 is 12.1. The van der Waals surface area contributed by atoms with Crippen LogP contribution in [-0.2, 0) is 0 Å². The number of nitrogens with zero attached hydrogens (tertiary/aromatic N) is 1. The van der Waals surface area contributed by atoms with Gasteiger partial charge >= 0.3 is 0 Å². The van der Waals surface area contributed by atoms with Gasteiger partial charge in [-0.15, -0.1) is 0 Å². The van der Waals surface area contributed by atoms with Crippen LogP contribution < -0.4 is 10.1 Å². The van der Waals surface area contributed by atoms with Gasteiger partial charge < -0.3 is 10.1 Å². The first-order chi connectivity index (χ1) is 12.5. The number of carbonyl (C=O) groups excluding carboxylic acids is 2. The standard InChI is InChI=1S/C19H18Cl2N2O3/c1-26-12-6-7-13(14(8-12)18(24)11-4-2-3-5-11)19(25)23-17-15(20)9-22-10-16(17)21/h6-11H,2-5H2,1H3,(H,22,23,25). The molecule has 136 valence electrons. The van der Waals surface area contributed by atoms with Gasteiger partial charge in [0.05, 0.1) is 28.4 Å². The molecule has 0 bridgehead atoms. The van der Waals surface area contributed by atoms with E-state index in [4.69, 9.17) is 27.9 Å². The summed E-state index contributed by atoms with van der Waals surface area (Å²) < 4.78 is 5.22. The zero-order valence-corrected chi connectivity index (χ0v) is 15.7. The van der Waals surface area contributed by atoms with Gasteiger partial charge in [0.25, 0.3) is 5.91 Å². The number of carbonyl (C=O) groups is 2. The van der Waals surface area contributed by atoms with Gasteiger partial charge in [-0.2, -0.15) is 0 Å². The summed E-state index contributed by atoms with van der Waals surface area (Å²) in [5.41, 5.74) is 0.894. The van der Waals surface area contributed by atoms with E-state index in [0.29, 0.717) is 11.3 Å². The largest absolute Gasteiger partial charge is 0.497 e. The number of rotatable bonds is 5. The molecule has 1 amide bonds. The lowest BCUT2D eigenvalue weighted by molar-refractivity contribution is 0.0912. The Morgan fingerprint density at radius 3 is 2.38 bits per heavy atom. The van der Waals surface area contributed by atoms with Crippen LogP contribution in [0.1, 0.15) is 46.4 Å². The van der Waals surface area contributed by atoms with Gasteiger partial charge in [-0.25, -0.2) is 0 Å². The number of aromatic nitrogens is 1. The van der Waals surface area contributed by atoms with E-state index in [1.165, 1.54) is 19.5 Å². The molecule has 26 heavy (non-hydrogen) atoms. The number of amides is 1. The molecule has 2 aromatic rings. The molecular weight excluding hydrogens is 375 g/mol. The Morgan fingerprint density at radius 1 is 1.12 bits per heavy atom. The maximum Gasteiger partial charge on any atom is 0.256 e.